The minimum Gasteiger partial charge on any atom is -0.507 e. The SMILES string of the molecule is CC[C@@H](c1cc(OCCN2CC(c3cc4cc(-c5ccccc5O)nnc4[nH]3)C2)no1)C(C)C. The van der Waals surface area contributed by atoms with Gasteiger partial charge in [-0.15, -0.1) is 10.2 Å². The Morgan fingerprint density at radius 3 is 2.76 bits per heavy atom. The number of nitrogens with one attached hydrogen (secondary N) is 1. The zero-order valence-corrected chi connectivity index (χ0v) is 19.9. The van der Waals surface area contributed by atoms with E-state index in [1.54, 1.807) is 12.1 Å². The van der Waals surface area contributed by atoms with E-state index in [4.69, 9.17) is 9.26 Å². The quantitative estimate of drug-likeness (QED) is 0.364. The molecule has 1 atom stereocenters. The fraction of sp³-hybridized carbons (Fsp3) is 0.423. The summed E-state index contributed by atoms with van der Waals surface area (Å²) in [6.45, 7) is 9.92. The summed E-state index contributed by atoms with van der Waals surface area (Å²) < 4.78 is 11.3. The minimum atomic E-state index is 0.204. The van der Waals surface area contributed by atoms with E-state index >= 15 is 0 Å². The number of hydrogen-bond donors (Lipinski definition) is 2. The maximum atomic E-state index is 10.1. The lowest BCUT2D eigenvalue weighted by molar-refractivity contribution is 0.117. The van der Waals surface area contributed by atoms with Crippen molar-refractivity contribution in [3.8, 4) is 22.9 Å². The molecule has 5 rings (SSSR count). The highest BCUT2D eigenvalue weighted by Crippen LogP contribution is 2.32. The van der Waals surface area contributed by atoms with Crippen LogP contribution >= 0.6 is 0 Å². The smallest absolute Gasteiger partial charge is 0.254 e. The van der Waals surface area contributed by atoms with Crippen LogP contribution in [0.3, 0.4) is 0 Å². The van der Waals surface area contributed by atoms with Crippen LogP contribution in [0.25, 0.3) is 22.3 Å². The second-order valence-electron chi connectivity index (χ2n) is 9.41. The molecule has 4 heterocycles. The van der Waals surface area contributed by atoms with Crippen molar-refractivity contribution in [3.05, 3.63) is 53.9 Å². The van der Waals surface area contributed by atoms with Gasteiger partial charge in [0.05, 0.1) is 5.69 Å². The molecule has 178 valence electrons. The number of aromatic hydroxyl groups is 1. The summed E-state index contributed by atoms with van der Waals surface area (Å²) in [5, 5.41) is 23.8. The summed E-state index contributed by atoms with van der Waals surface area (Å²) in [4.78, 5) is 5.77. The van der Waals surface area contributed by atoms with Crippen molar-refractivity contribution in [1.82, 2.24) is 25.2 Å². The summed E-state index contributed by atoms with van der Waals surface area (Å²) in [7, 11) is 0. The van der Waals surface area contributed by atoms with Crippen molar-refractivity contribution in [2.24, 2.45) is 5.92 Å². The van der Waals surface area contributed by atoms with Gasteiger partial charge >= 0.3 is 0 Å². The fourth-order valence-electron chi connectivity index (χ4n) is 4.74. The van der Waals surface area contributed by atoms with Crippen molar-refractivity contribution in [2.45, 2.75) is 39.0 Å². The summed E-state index contributed by atoms with van der Waals surface area (Å²) in [5.74, 6) is 2.99. The summed E-state index contributed by atoms with van der Waals surface area (Å²) in [5.41, 5.74) is 3.28. The van der Waals surface area contributed by atoms with E-state index in [0.29, 0.717) is 41.5 Å². The van der Waals surface area contributed by atoms with Gasteiger partial charge in [0.1, 0.15) is 18.1 Å². The van der Waals surface area contributed by atoms with E-state index in [-0.39, 0.29) is 5.75 Å². The van der Waals surface area contributed by atoms with Gasteiger partial charge in [0.15, 0.2) is 5.65 Å². The van der Waals surface area contributed by atoms with E-state index in [1.165, 1.54) is 0 Å². The van der Waals surface area contributed by atoms with Crippen molar-refractivity contribution in [2.75, 3.05) is 26.2 Å². The Morgan fingerprint density at radius 2 is 2.00 bits per heavy atom. The van der Waals surface area contributed by atoms with Gasteiger partial charge in [-0.1, -0.05) is 32.9 Å². The van der Waals surface area contributed by atoms with Crippen LogP contribution in [0.2, 0.25) is 0 Å². The molecule has 2 N–H and O–H groups in total. The number of para-hydroxylation sites is 1. The Balaban J connectivity index is 1.14. The second kappa shape index (κ2) is 9.46. The molecule has 0 radical (unpaired) electrons. The number of H-pyrrole nitrogens is 1. The van der Waals surface area contributed by atoms with Crippen molar-refractivity contribution < 1.29 is 14.4 Å². The molecule has 0 unspecified atom stereocenters. The number of benzene rings is 1. The number of nitrogens with zero attached hydrogens (tertiary/aromatic N) is 4. The molecule has 0 bridgehead atoms. The van der Waals surface area contributed by atoms with Crippen LogP contribution in [0.5, 0.6) is 11.6 Å². The van der Waals surface area contributed by atoms with Crippen LogP contribution in [-0.2, 0) is 0 Å². The number of likely N-dealkylation sites (tertiary alicyclic amines) is 1. The first kappa shape index (κ1) is 22.4. The highest BCUT2D eigenvalue weighted by molar-refractivity contribution is 5.81. The Hall–Kier alpha value is -3.39. The van der Waals surface area contributed by atoms with E-state index < -0.39 is 0 Å². The molecule has 0 amide bonds. The molecule has 8 nitrogen and oxygen atoms in total. The topological polar surface area (TPSA) is 100 Å². The number of rotatable bonds is 9. The molecule has 0 saturated carbocycles. The molecule has 4 aromatic rings. The van der Waals surface area contributed by atoms with Gasteiger partial charge in [-0.25, -0.2) is 0 Å². The minimum absolute atomic E-state index is 0.204. The van der Waals surface area contributed by atoms with Crippen molar-refractivity contribution in [1.29, 1.82) is 0 Å². The normalized spacial score (nSPS) is 15.6. The fourth-order valence-corrected chi connectivity index (χ4v) is 4.74. The average molecular weight is 462 g/mol. The van der Waals surface area contributed by atoms with E-state index in [9.17, 15) is 5.11 Å². The lowest BCUT2D eigenvalue weighted by Gasteiger charge is -2.38. The molecule has 0 aliphatic carbocycles. The predicted octanol–water partition coefficient (Wildman–Crippen LogP) is 4.95. The Bertz CT molecular complexity index is 1260. The lowest BCUT2D eigenvalue weighted by Crippen LogP contribution is -2.46. The Labute approximate surface area is 198 Å². The summed E-state index contributed by atoms with van der Waals surface area (Å²) in [6, 6.07) is 13.2. The molecule has 34 heavy (non-hydrogen) atoms. The lowest BCUT2D eigenvalue weighted by atomic mass is 9.91. The molecular weight excluding hydrogens is 430 g/mol. The molecule has 8 heteroatoms. The molecule has 1 aliphatic rings. The van der Waals surface area contributed by atoms with E-state index in [0.717, 1.165) is 48.5 Å². The number of hydrogen-bond acceptors (Lipinski definition) is 7. The van der Waals surface area contributed by atoms with Gasteiger partial charge in [0.25, 0.3) is 5.88 Å². The van der Waals surface area contributed by atoms with Gasteiger partial charge in [0, 0.05) is 54.2 Å². The highest BCUT2D eigenvalue weighted by Gasteiger charge is 2.29. The number of aromatic nitrogens is 4. The first-order valence-corrected chi connectivity index (χ1v) is 12.0. The van der Waals surface area contributed by atoms with Crippen LogP contribution < -0.4 is 4.74 Å². The van der Waals surface area contributed by atoms with Crippen molar-refractivity contribution in [3.63, 3.8) is 0 Å². The highest BCUT2D eigenvalue weighted by atomic mass is 16.5. The third kappa shape index (κ3) is 4.50. The second-order valence-corrected chi connectivity index (χ2v) is 9.41. The molecule has 1 saturated heterocycles. The monoisotopic (exact) mass is 461 g/mol. The number of phenolic OH excluding ortho intramolecular Hbond substituents is 1. The largest absolute Gasteiger partial charge is 0.507 e. The Kier molecular flexibility index (Phi) is 6.24. The van der Waals surface area contributed by atoms with Crippen LogP contribution in [0.15, 0.2) is 47.0 Å². The summed E-state index contributed by atoms with van der Waals surface area (Å²) in [6.07, 6.45) is 1.02. The molecular formula is C26H31N5O3. The molecule has 1 fully saturated rings. The first-order chi connectivity index (χ1) is 16.5. The maximum Gasteiger partial charge on any atom is 0.254 e. The molecule has 0 spiro atoms. The van der Waals surface area contributed by atoms with Gasteiger partial charge in [0.2, 0.25) is 0 Å². The molecule has 1 aromatic carbocycles. The first-order valence-electron chi connectivity index (χ1n) is 12.0. The van der Waals surface area contributed by atoms with Gasteiger partial charge in [-0.3, -0.25) is 4.90 Å². The predicted molar refractivity (Wildman–Crippen MR) is 130 cm³/mol. The summed E-state index contributed by atoms with van der Waals surface area (Å²) >= 11 is 0. The number of fused-ring (bicyclic) bond motifs is 1. The third-order valence-corrected chi connectivity index (χ3v) is 6.75. The van der Waals surface area contributed by atoms with Crippen LogP contribution in [-0.4, -0.2) is 56.6 Å². The standard InChI is InChI=1S/C26H31N5O3/c1-4-19(16(2)3)24-13-25(30-34-24)33-10-9-31-14-18(15-31)21-11-17-12-22(28-29-26(17)27-21)20-7-5-6-8-23(20)32/h5-8,11-13,16,18-19,32H,4,9-10,14-15H2,1-3H3,(H,27,29)/t19-/m1/s1. The number of ether oxygens (including phenoxy) is 1. The van der Waals surface area contributed by atoms with Crippen LogP contribution in [0.1, 0.15) is 50.5 Å². The van der Waals surface area contributed by atoms with Crippen molar-refractivity contribution >= 4 is 11.0 Å². The Morgan fingerprint density at radius 1 is 1.18 bits per heavy atom. The average Bonchev–Trinajstić information content (AvgIpc) is 3.42. The third-order valence-electron chi connectivity index (χ3n) is 6.75. The zero-order chi connectivity index (χ0) is 23.7. The van der Waals surface area contributed by atoms with Crippen LogP contribution in [0.4, 0.5) is 0 Å². The van der Waals surface area contributed by atoms with Gasteiger partial charge in [-0.2, -0.15) is 0 Å². The maximum absolute atomic E-state index is 10.1. The van der Waals surface area contributed by atoms with Crippen LogP contribution in [0, 0.1) is 5.92 Å². The molecule has 3 aromatic heterocycles. The van der Waals surface area contributed by atoms with Gasteiger partial charge in [-0.05, 0) is 41.8 Å². The molecule has 1 aliphatic heterocycles. The number of aromatic amines is 1. The van der Waals surface area contributed by atoms with E-state index in [2.05, 4.69) is 52.1 Å². The van der Waals surface area contributed by atoms with Gasteiger partial charge < -0.3 is 19.4 Å². The number of phenols is 1. The zero-order valence-electron chi connectivity index (χ0n) is 19.9. The van der Waals surface area contributed by atoms with E-state index in [1.807, 2.05) is 24.3 Å².